The van der Waals surface area contributed by atoms with E-state index in [4.69, 9.17) is 4.74 Å². The van der Waals surface area contributed by atoms with Crippen molar-refractivity contribution >= 4 is 11.0 Å². The van der Waals surface area contributed by atoms with E-state index in [2.05, 4.69) is 14.7 Å². The molecular weight excluding hydrogens is 423 g/mol. The first-order chi connectivity index (χ1) is 15.5. The average molecular weight is 441 g/mol. The van der Waals surface area contributed by atoms with Gasteiger partial charge in [-0.15, -0.1) is 0 Å². The zero-order valence-corrected chi connectivity index (χ0v) is 16.9. The highest BCUT2D eigenvalue weighted by Crippen LogP contribution is 2.45. The van der Waals surface area contributed by atoms with Crippen molar-refractivity contribution in [2.24, 2.45) is 0 Å². The van der Waals surface area contributed by atoms with Gasteiger partial charge < -0.3 is 19.1 Å². The third-order valence-electron chi connectivity index (χ3n) is 5.62. The number of methoxy groups -OCH3 is 1. The molecule has 0 radical (unpaired) electrons. The third-order valence-corrected chi connectivity index (χ3v) is 5.62. The van der Waals surface area contributed by atoms with Crippen LogP contribution in [0.1, 0.15) is 30.0 Å². The lowest BCUT2D eigenvalue weighted by atomic mass is 10.0. The number of nitrogens with zero attached hydrogens (tertiary/aromatic N) is 3. The molecule has 0 saturated carbocycles. The summed E-state index contributed by atoms with van der Waals surface area (Å²) in [5.74, 6) is 0.116. The van der Waals surface area contributed by atoms with Crippen LogP contribution in [0.3, 0.4) is 0 Å². The molecule has 9 heteroatoms. The summed E-state index contributed by atoms with van der Waals surface area (Å²) in [6.07, 6.45) is 0.690. The Bertz CT molecular complexity index is 1290. The van der Waals surface area contributed by atoms with Crippen molar-refractivity contribution in [2.75, 3.05) is 7.11 Å². The van der Waals surface area contributed by atoms with Gasteiger partial charge in [-0.3, -0.25) is 0 Å². The third kappa shape index (κ3) is 3.25. The minimum atomic E-state index is -3.01. The van der Waals surface area contributed by atoms with E-state index in [-0.39, 0.29) is 23.5 Å². The number of hydrogen-bond donors (Lipinski definition) is 1. The molecule has 0 aliphatic carbocycles. The second-order valence-corrected chi connectivity index (χ2v) is 7.41. The van der Waals surface area contributed by atoms with Crippen LogP contribution in [0.25, 0.3) is 22.2 Å². The number of imidazole rings is 1. The number of aliphatic hydroxyl groups is 1. The van der Waals surface area contributed by atoms with Gasteiger partial charge in [0.25, 0.3) is 0 Å². The summed E-state index contributed by atoms with van der Waals surface area (Å²) in [6, 6.07) is 12.3. The van der Waals surface area contributed by atoms with Gasteiger partial charge in [0.15, 0.2) is 5.82 Å². The van der Waals surface area contributed by atoms with Crippen molar-refractivity contribution < 1.29 is 27.8 Å². The second-order valence-electron chi connectivity index (χ2n) is 7.41. The fraction of sp³-hybridized carbons (Fsp3) is 0.217. The van der Waals surface area contributed by atoms with Gasteiger partial charge in [-0.1, -0.05) is 18.2 Å². The molecule has 2 aromatic heterocycles. The zero-order valence-electron chi connectivity index (χ0n) is 16.9. The number of fused-ring (bicyclic) bond motifs is 3. The molecule has 3 heterocycles. The van der Waals surface area contributed by atoms with E-state index >= 15 is 4.39 Å². The van der Waals surface area contributed by atoms with Gasteiger partial charge in [-0.25, -0.2) is 14.4 Å². The first-order valence-corrected chi connectivity index (χ1v) is 9.90. The highest BCUT2D eigenvalue weighted by molar-refractivity contribution is 5.84. The summed E-state index contributed by atoms with van der Waals surface area (Å²) in [6.45, 7) is -3.01. The van der Waals surface area contributed by atoms with E-state index in [9.17, 15) is 13.9 Å². The molecule has 2 aromatic carbocycles. The first kappa shape index (κ1) is 20.3. The number of hydrogen-bond acceptors (Lipinski definition) is 5. The molecule has 4 aromatic rings. The smallest absolute Gasteiger partial charge is 0.387 e. The van der Waals surface area contributed by atoms with Crippen LogP contribution in [-0.2, 0) is 0 Å². The van der Waals surface area contributed by atoms with Crippen LogP contribution in [0.5, 0.6) is 11.6 Å². The van der Waals surface area contributed by atoms with Crippen LogP contribution in [0, 0.1) is 5.82 Å². The molecule has 0 spiro atoms. The van der Waals surface area contributed by atoms with Crippen molar-refractivity contribution in [3.8, 4) is 22.8 Å². The minimum Gasteiger partial charge on any atom is -0.481 e. The summed E-state index contributed by atoms with van der Waals surface area (Å²) >= 11 is 0. The second kappa shape index (κ2) is 7.83. The lowest BCUT2D eigenvalue weighted by molar-refractivity contribution is -0.0507. The number of halogens is 3. The van der Waals surface area contributed by atoms with Crippen LogP contribution < -0.4 is 9.47 Å². The van der Waals surface area contributed by atoms with Crippen LogP contribution in [-0.4, -0.2) is 33.4 Å². The molecular formula is C23H18F3N3O3. The molecule has 6 nitrogen and oxygen atoms in total. The predicted octanol–water partition coefficient (Wildman–Crippen LogP) is 4.87. The number of rotatable bonds is 5. The molecule has 0 fully saturated rings. The number of ether oxygens (including phenoxy) is 2. The Morgan fingerprint density at radius 1 is 1.12 bits per heavy atom. The lowest BCUT2D eigenvalue weighted by Gasteiger charge is -2.19. The number of para-hydroxylation sites is 1. The minimum absolute atomic E-state index is 0.0229. The Balaban J connectivity index is 1.68. The van der Waals surface area contributed by atoms with Gasteiger partial charge in [0.1, 0.15) is 23.2 Å². The van der Waals surface area contributed by atoms with Crippen molar-refractivity contribution in [1.82, 2.24) is 14.5 Å². The summed E-state index contributed by atoms with van der Waals surface area (Å²) in [4.78, 5) is 8.54. The van der Waals surface area contributed by atoms with E-state index in [1.807, 2.05) is 0 Å². The molecule has 1 aliphatic rings. The largest absolute Gasteiger partial charge is 0.481 e. The molecule has 0 saturated heterocycles. The molecule has 5 rings (SSSR count). The van der Waals surface area contributed by atoms with E-state index in [1.54, 1.807) is 47.0 Å². The molecule has 0 bridgehead atoms. The first-order valence-electron chi connectivity index (χ1n) is 9.90. The topological polar surface area (TPSA) is 69.4 Å². The molecule has 32 heavy (non-hydrogen) atoms. The normalized spacial score (nSPS) is 17.7. The van der Waals surface area contributed by atoms with Gasteiger partial charge in [-0.05, 0) is 24.3 Å². The van der Waals surface area contributed by atoms with Crippen molar-refractivity contribution in [1.29, 1.82) is 0 Å². The quantitative estimate of drug-likeness (QED) is 0.478. The summed E-state index contributed by atoms with van der Waals surface area (Å²) in [5.41, 5.74) is 1.80. The zero-order chi connectivity index (χ0) is 22.4. The van der Waals surface area contributed by atoms with E-state index in [0.29, 0.717) is 28.1 Å². The van der Waals surface area contributed by atoms with Crippen LogP contribution >= 0.6 is 0 Å². The average Bonchev–Trinajstić information content (AvgIpc) is 3.32. The van der Waals surface area contributed by atoms with Crippen molar-refractivity contribution in [2.45, 2.75) is 25.2 Å². The fourth-order valence-corrected chi connectivity index (χ4v) is 4.25. The maximum absolute atomic E-state index is 15.8. The number of aliphatic hydroxyl groups excluding tert-OH is 1. The Hall–Kier alpha value is -3.59. The van der Waals surface area contributed by atoms with Gasteiger partial charge >= 0.3 is 6.61 Å². The SMILES string of the molecule is COc1ccc(-c2ccc3nc4n(c3c2F)[C@H](c2ccccc2OC(F)F)CC4O)cn1. The molecule has 2 atom stereocenters. The Labute approximate surface area is 180 Å². The maximum Gasteiger partial charge on any atom is 0.387 e. The Morgan fingerprint density at radius 2 is 1.94 bits per heavy atom. The molecule has 0 amide bonds. The standard InChI is InChI=1S/C23H18F3N3O3/c1-31-19-9-6-12(11-27-19)13-7-8-15-21(20(13)24)29-16(10-17(30)22(29)28-15)14-4-2-3-5-18(14)32-23(25)26/h2-9,11,16-17,23,30H,10H2,1H3/t16-,17?/m0/s1. The highest BCUT2D eigenvalue weighted by Gasteiger charge is 2.37. The summed E-state index contributed by atoms with van der Waals surface area (Å²) < 4.78 is 53.0. The molecule has 1 N–H and O–H groups in total. The van der Waals surface area contributed by atoms with Crippen molar-refractivity contribution in [3.05, 3.63) is 71.9 Å². The summed E-state index contributed by atoms with van der Waals surface area (Å²) in [7, 11) is 1.49. The fourth-order valence-electron chi connectivity index (χ4n) is 4.25. The monoisotopic (exact) mass is 441 g/mol. The van der Waals surface area contributed by atoms with Gasteiger partial charge in [-0.2, -0.15) is 8.78 Å². The molecule has 1 aliphatic heterocycles. The number of aromatic nitrogens is 3. The lowest BCUT2D eigenvalue weighted by Crippen LogP contribution is -2.11. The van der Waals surface area contributed by atoms with E-state index in [1.165, 1.54) is 19.4 Å². The highest BCUT2D eigenvalue weighted by atomic mass is 19.3. The van der Waals surface area contributed by atoms with E-state index < -0.39 is 24.6 Å². The number of benzene rings is 2. The maximum atomic E-state index is 15.8. The van der Waals surface area contributed by atoms with Crippen LogP contribution in [0.2, 0.25) is 0 Å². The number of pyridine rings is 1. The van der Waals surface area contributed by atoms with Crippen LogP contribution in [0.4, 0.5) is 13.2 Å². The molecule has 1 unspecified atom stereocenters. The van der Waals surface area contributed by atoms with Gasteiger partial charge in [0, 0.05) is 35.4 Å². The number of alkyl halides is 2. The predicted molar refractivity (Wildman–Crippen MR) is 110 cm³/mol. The Morgan fingerprint density at radius 3 is 2.66 bits per heavy atom. The van der Waals surface area contributed by atoms with Crippen LogP contribution in [0.15, 0.2) is 54.7 Å². The Kier molecular flexibility index (Phi) is 4.97. The van der Waals surface area contributed by atoms with Gasteiger partial charge in [0.05, 0.1) is 18.7 Å². The van der Waals surface area contributed by atoms with E-state index in [0.717, 1.165) is 0 Å². The molecule has 164 valence electrons. The van der Waals surface area contributed by atoms with Crippen molar-refractivity contribution in [3.63, 3.8) is 0 Å². The van der Waals surface area contributed by atoms with Gasteiger partial charge in [0.2, 0.25) is 5.88 Å². The summed E-state index contributed by atoms with van der Waals surface area (Å²) in [5, 5.41) is 10.6.